The van der Waals surface area contributed by atoms with E-state index in [1.165, 1.54) is 32.1 Å². The van der Waals surface area contributed by atoms with Crippen molar-refractivity contribution >= 4 is 5.97 Å². The fourth-order valence-electron chi connectivity index (χ4n) is 4.71. The van der Waals surface area contributed by atoms with Crippen molar-refractivity contribution in [2.75, 3.05) is 6.54 Å². The molecule has 0 aromatic carbocycles. The van der Waals surface area contributed by atoms with Gasteiger partial charge < -0.3 is 10.8 Å². The van der Waals surface area contributed by atoms with Crippen molar-refractivity contribution in [3.8, 4) is 0 Å². The molecule has 0 aromatic heterocycles. The lowest BCUT2D eigenvalue weighted by Crippen LogP contribution is -2.19. The van der Waals surface area contributed by atoms with E-state index in [0.717, 1.165) is 36.6 Å². The summed E-state index contributed by atoms with van der Waals surface area (Å²) in [7, 11) is 0. The highest BCUT2D eigenvalue weighted by atomic mass is 16.4. The zero-order valence-electron chi connectivity index (χ0n) is 11.5. The van der Waals surface area contributed by atoms with Crippen LogP contribution in [0.25, 0.3) is 0 Å². The summed E-state index contributed by atoms with van der Waals surface area (Å²) in [5.41, 5.74) is 5.59. The van der Waals surface area contributed by atoms with Crippen LogP contribution in [0.1, 0.15) is 38.5 Å². The SMILES string of the molecule is NCC1CC2C=CC1C2.O=C(O)C1C[C@H]2CC[C@@H]1C2. The summed E-state index contributed by atoms with van der Waals surface area (Å²) < 4.78 is 0. The van der Waals surface area contributed by atoms with E-state index in [0.29, 0.717) is 5.92 Å². The maximum Gasteiger partial charge on any atom is 0.306 e. The number of hydrogen-bond acceptors (Lipinski definition) is 2. The monoisotopic (exact) mass is 263 g/mol. The lowest BCUT2D eigenvalue weighted by atomic mass is 9.89. The van der Waals surface area contributed by atoms with Crippen molar-refractivity contribution in [1.29, 1.82) is 0 Å². The number of carbonyl (C=O) groups is 1. The predicted molar refractivity (Wildman–Crippen MR) is 74.5 cm³/mol. The average Bonchev–Trinajstić information content (AvgIpc) is 3.18. The first-order valence-corrected chi connectivity index (χ1v) is 7.78. The van der Waals surface area contributed by atoms with Crippen LogP contribution in [0.3, 0.4) is 0 Å². The van der Waals surface area contributed by atoms with E-state index in [1.54, 1.807) is 0 Å². The number of fused-ring (bicyclic) bond motifs is 4. The number of carboxylic acids is 1. The van der Waals surface area contributed by atoms with Gasteiger partial charge in [-0.25, -0.2) is 0 Å². The predicted octanol–water partition coefficient (Wildman–Crippen LogP) is 2.66. The van der Waals surface area contributed by atoms with Gasteiger partial charge in [0, 0.05) is 0 Å². The lowest BCUT2D eigenvalue weighted by Gasteiger charge is -2.16. The van der Waals surface area contributed by atoms with Crippen LogP contribution in [0.15, 0.2) is 12.2 Å². The van der Waals surface area contributed by atoms with E-state index in [1.807, 2.05) is 0 Å². The average molecular weight is 263 g/mol. The number of aliphatic carboxylic acids is 1. The summed E-state index contributed by atoms with van der Waals surface area (Å²) in [6.07, 6.45) is 12.1. The highest BCUT2D eigenvalue weighted by molar-refractivity contribution is 5.71. The van der Waals surface area contributed by atoms with E-state index in [4.69, 9.17) is 10.8 Å². The summed E-state index contributed by atoms with van der Waals surface area (Å²) >= 11 is 0. The second kappa shape index (κ2) is 5.28. The van der Waals surface area contributed by atoms with Crippen LogP contribution in [0, 0.1) is 35.5 Å². The topological polar surface area (TPSA) is 63.3 Å². The van der Waals surface area contributed by atoms with E-state index in [-0.39, 0.29) is 5.92 Å². The zero-order chi connectivity index (χ0) is 13.4. The molecule has 0 saturated heterocycles. The maximum absolute atomic E-state index is 10.6. The van der Waals surface area contributed by atoms with Gasteiger partial charge in [-0.15, -0.1) is 0 Å². The number of nitrogens with two attached hydrogens (primary N) is 1. The number of hydrogen-bond donors (Lipinski definition) is 2. The Morgan fingerprint density at radius 3 is 2.32 bits per heavy atom. The zero-order valence-corrected chi connectivity index (χ0v) is 11.5. The minimum atomic E-state index is -0.563. The Kier molecular flexibility index (Phi) is 3.66. The third kappa shape index (κ3) is 2.58. The minimum absolute atomic E-state index is 0.0127. The summed E-state index contributed by atoms with van der Waals surface area (Å²) in [6, 6.07) is 0. The highest BCUT2D eigenvalue weighted by Gasteiger charge is 2.43. The first-order valence-electron chi connectivity index (χ1n) is 7.78. The van der Waals surface area contributed by atoms with Crippen LogP contribution in [0.5, 0.6) is 0 Å². The lowest BCUT2D eigenvalue weighted by molar-refractivity contribution is -0.143. The number of rotatable bonds is 2. The molecule has 0 spiro atoms. The molecule has 3 saturated carbocycles. The maximum atomic E-state index is 10.6. The molecule has 3 fully saturated rings. The normalized spacial score (nSPS) is 45.3. The number of carboxylic acid groups (broad SMARTS) is 1. The van der Waals surface area contributed by atoms with Crippen molar-refractivity contribution in [2.45, 2.75) is 38.5 Å². The molecular weight excluding hydrogens is 238 g/mol. The van der Waals surface area contributed by atoms with Crippen molar-refractivity contribution in [1.82, 2.24) is 0 Å². The molecule has 3 nitrogen and oxygen atoms in total. The first-order chi connectivity index (χ1) is 9.17. The molecular formula is C16H25NO2. The molecule has 4 rings (SSSR count). The molecule has 19 heavy (non-hydrogen) atoms. The van der Waals surface area contributed by atoms with Crippen molar-refractivity contribution in [3.63, 3.8) is 0 Å². The Balaban J connectivity index is 0.000000117. The standard InChI is InChI=1S/C8H13N.C8H12O2/c9-5-8-4-6-1-2-7(8)3-6;9-8(10)7-4-5-1-2-6(7)3-5/h1-2,6-8H,3-5,9H2;5-7H,1-4H2,(H,9,10)/t;5-,6+,7?/m.0/s1. The highest BCUT2D eigenvalue weighted by Crippen LogP contribution is 2.48. The van der Waals surface area contributed by atoms with Gasteiger partial charge in [0.15, 0.2) is 0 Å². The summed E-state index contributed by atoms with van der Waals surface area (Å²) in [5, 5.41) is 8.74. The van der Waals surface area contributed by atoms with Crippen molar-refractivity contribution in [3.05, 3.63) is 12.2 Å². The molecule has 3 heteroatoms. The third-order valence-corrected chi connectivity index (χ3v) is 5.77. The van der Waals surface area contributed by atoms with Gasteiger partial charge in [-0.1, -0.05) is 18.6 Å². The van der Waals surface area contributed by atoms with Gasteiger partial charge in [-0.3, -0.25) is 4.79 Å². The van der Waals surface area contributed by atoms with Gasteiger partial charge in [-0.05, 0) is 68.2 Å². The van der Waals surface area contributed by atoms with Crippen LogP contribution in [-0.4, -0.2) is 17.6 Å². The summed E-state index contributed by atoms with van der Waals surface area (Å²) in [5.74, 6) is 3.29. The fourth-order valence-corrected chi connectivity index (χ4v) is 4.71. The van der Waals surface area contributed by atoms with Gasteiger partial charge in [0.05, 0.1) is 5.92 Å². The van der Waals surface area contributed by atoms with Crippen LogP contribution in [-0.2, 0) is 4.79 Å². The van der Waals surface area contributed by atoms with Crippen molar-refractivity contribution in [2.24, 2.45) is 41.2 Å². The molecule has 0 radical (unpaired) electrons. The summed E-state index contributed by atoms with van der Waals surface area (Å²) in [6.45, 7) is 0.894. The largest absolute Gasteiger partial charge is 0.481 e. The smallest absolute Gasteiger partial charge is 0.306 e. The minimum Gasteiger partial charge on any atom is -0.481 e. The Hall–Kier alpha value is -0.830. The van der Waals surface area contributed by atoms with Gasteiger partial charge >= 0.3 is 5.97 Å². The van der Waals surface area contributed by atoms with Crippen molar-refractivity contribution < 1.29 is 9.90 Å². The Morgan fingerprint density at radius 1 is 1.16 bits per heavy atom. The molecule has 0 aliphatic heterocycles. The molecule has 0 amide bonds. The van der Waals surface area contributed by atoms with Gasteiger partial charge in [0.25, 0.3) is 0 Å². The molecule has 4 aliphatic rings. The molecule has 4 bridgehead atoms. The molecule has 4 unspecified atom stereocenters. The van der Waals surface area contributed by atoms with E-state index >= 15 is 0 Å². The van der Waals surface area contributed by atoms with E-state index < -0.39 is 5.97 Å². The van der Waals surface area contributed by atoms with Gasteiger partial charge in [-0.2, -0.15) is 0 Å². The Labute approximate surface area is 115 Å². The second-order valence-electron chi connectivity index (χ2n) is 6.90. The van der Waals surface area contributed by atoms with Crippen LogP contribution < -0.4 is 5.73 Å². The quantitative estimate of drug-likeness (QED) is 0.753. The molecule has 4 aliphatic carbocycles. The first kappa shape index (κ1) is 13.2. The fraction of sp³-hybridized carbons (Fsp3) is 0.812. The Bertz CT molecular complexity index is 379. The third-order valence-electron chi connectivity index (χ3n) is 5.77. The molecule has 6 atom stereocenters. The summed E-state index contributed by atoms with van der Waals surface area (Å²) in [4.78, 5) is 10.6. The molecule has 3 N–H and O–H groups in total. The molecule has 106 valence electrons. The Morgan fingerprint density at radius 2 is 2.00 bits per heavy atom. The van der Waals surface area contributed by atoms with Gasteiger partial charge in [0.2, 0.25) is 0 Å². The molecule has 0 aromatic rings. The van der Waals surface area contributed by atoms with Gasteiger partial charge in [0.1, 0.15) is 0 Å². The van der Waals surface area contributed by atoms with E-state index in [9.17, 15) is 4.79 Å². The van der Waals surface area contributed by atoms with Crippen LogP contribution in [0.2, 0.25) is 0 Å². The van der Waals surface area contributed by atoms with E-state index in [2.05, 4.69) is 12.2 Å². The molecule has 0 heterocycles. The van der Waals surface area contributed by atoms with Crippen LogP contribution >= 0.6 is 0 Å². The second-order valence-corrected chi connectivity index (χ2v) is 6.90. The number of allylic oxidation sites excluding steroid dienone is 2. The van der Waals surface area contributed by atoms with Crippen LogP contribution in [0.4, 0.5) is 0 Å².